The van der Waals surface area contributed by atoms with Gasteiger partial charge in [-0.05, 0) is 51.3 Å². The molecule has 1 aromatic rings. The van der Waals surface area contributed by atoms with Gasteiger partial charge in [0.2, 0.25) is 5.91 Å². The molecule has 0 saturated carbocycles. The zero-order valence-electron chi connectivity index (χ0n) is 15.7. The lowest BCUT2D eigenvalue weighted by molar-refractivity contribution is -0.138. The molecule has 0 spiro atoms. The van der Waals surface area contributed by atoms with Gasteiger partial charge in [0.05, 0.1) is 13.1 Å². The number of carboxylic acid groups (broad SMARTS) is 1. The third-order valence-electron chi connectivity index (χ3n) is 4.97. The van der Waals surface area contributed by atoms with Crippen LogP contribution in [0.2, 0.25) is 0 Å². The van der Waals surface area contributed by atoms with Crippen molar-refractivity contribution in [2.75, 3.05) is 39.8 Å². The van der Waals surface area contributed by atoms with Crippen LogP contribution < -0.4 is 5.32 Å². The van der Waals surface area contributed by atoms with Crippen molar-refractivity contribution in [3.63, 3.8) is 0 Å². The molecule has 26 heavy (non-hydrogen) atoms. The van der Waals surface area contributed by atoms with E-state index in [0.717, 1.165) is 45.2 Å². The number of nitrogens with one attached hydrogen (secondary N) is 1. The predicted octanol–water partition coefficient (Wildman–Crippen LogP) is 1.61. The highest BCUT2D eigenvalue weighted by molar-refractivity contribution is 5.77. The summed E-state index contributed by atoms with van der Waals surface area (Å²) in [6.07, 6.45) is 4.81. The van der Waals surface area contributed by atoms with Crippen molar-refractivity contribution in [1.82, 2.24) is 15.1 Å². The standard InChI is InChI=1S/C20H31N3O3/c1-22(16-20(25)26)18-10-6-13-23(14-11-18)15-19(24)21-12-5-9-17-7-3-2-4-8-17/h2-4,7-8,18H,5-6,9-16H2,1H3,(H,21,24)(H,25,26). The van der Waals surface area contributed by atoms with E-state index in [4.69, 9.17) is 5.11 Å². The van der Waals surface area contributed by atoms with Crippen molar-refractivity contribution in [2.24, 2.45) is 0 Å². The average Bonchev–Trinajstić information content (AvgIpc) is 2.85. The molecular formula is C20H31N3O3. The minimum absolute atomic E-state index is 0.0760. The largest absolute Gasteiger partial charge is 0.480 e. The smallest absolute Gasteiger partial charge is 0.317 e. The first-order chi connectivity index (χ1) is 12.5. The monoisotopic (exact) mass is 361 g/mol. The highest BCUT2D eigenvalue weighted by atomic mass is 16.4. The van der Waals surface area contributed by atoms with E-state index >= 15 is 0 Å². The van der Waals surface area contributed by atoms with Crippen molar-refractivity contribution < 1.29 is 14.7 Å². The molecule has 0 radical (unpaired) electrons. The van der Waals surface area contributed by atoms with Crippen LogP contribution in [0.25, 0.3) is 0 Å². The van der Waals surface area contributed by atoms with Crippen molar-refractivity contribution in [3.8, 4) is 0 Å². The second kappa shape index (κ2) is 10.9. The summed E-state index contributed by atoms with van der Waals surface area (Å²) in [6, 6.07) is 10.6. The van der Waals surface area contributed by atoms with Gasteiger partial charge < -0.3 is 10.4 Å². The van der Waals surface area contributed by atoms with Crippen molar-refractivity contribution in [2.45, 2.75) is 38.1 Å². The van der Waals surface area contributed by atoms with Crippen LogP contribution in [0.4, 0.5) is 0 Å². The minimum atomic E-state index is -0.788. The van der Waals surface area contributed by atoms with Gasteiger partial charge in [-0.2, -0.15) is 0 Å². The van der Waals surface area contributed by atoms with E-state index in [9.17, 15) is 9.59 Å². The molecule has 0 aromatic heterocycles. The van der Waals surface area contributed by atoms with Gasteiger partial charge >= 0.3 is 5.97 Å². The summed E-state index contributed by atoms with van der Waals surface area (Å²) in [4.78, 5) is 27.1. The fourth-order valence-corrected chi connectivity index (χ4v) is 3.50. The lowest BCUT2D eigenvalue weighted by Crippen LogP contribution is -2.39. The van der Waals surface area contributed by atoms with Crippen molar-refractivity contribution in [3.05, 3.63) is 35.9 Å². The summed E-state index contributed by atoms with van der Waals surface area (Å²) in [5.41, 5.74) is 1.30. The summed E-state index contributed by atoms with van der Waals surface area (Å²) in [5.74, 6) is -0.709. The number of hydrogen-bond donors (Lipinski definition) is 2. The molecule has 1 saturated heterocycles. The van der Waals surface area contributed by atoms with Crippen LogP contribution in [0.3, 0.4) is 0 Å². The van der Waals surface area contributed by atoms with Gasteiger partial charge in [-0.1, -0.05) is 30.3 Å². The predicted molar refractivity (Wildman–Crippen MR) is 102 cm³/mol. The topological polar surface area (TPSA) is 72.9 Å². The first-order valence-corrected chi connectivity index (χ1v) is 9.49. The second-order valence-corrected chi connectivity index (χ2v) is 7.11. The lowest BCUT2D eigenvalue weighted by Gasteiger charge is -2.25. The Morgan fingerprint density at radius 3 is 2.73 bits per heavy atom. The molecule has 1 amide bonds. The molecule has 2 rings (SSSR count). The van der Waals surface area contributed by atoms with E-state index in [2.05, 4.69) is 22.3 Å². The number of nitrogens with zero attached hydrogens (tertiary/aromatic N) is 2. The number of carboxylic acids is 1. The quantitative estimate of drug-likeness (QED) is 0.654. The molecular weight excluding hydrogens is 330 g/mol. The maximum atomic E-state index is 12.2. The van der Waals surface area contributed by atoms with Crippen LogP contribution in [-0.4, -0.2) is 72.6 Å². The van der Waals surface area contributed by atoms with Crippen LogP contribution in [0.15, 0.2) is 30.3 Å². The summed E-state index contributed by atoms with van der Waals surface area (Å²) in [7, 11) is 1.87. The number of amides is 1. The molecule has 2 N–H and O–H groups in total. The Labute approximate surface area is 156 Å². The zero-order chi connectivity index (χ0) is 18.8. The first kappa shape index (κ1) is 20.4. The number of hydrogen-bond acceptors (Lipinski definition) is 4. The van der Waals surface area contributed by atoms with Crippen LogP contribution in [-0.2, 0) is 16.0 Å². The van der Waals surface area contributed by atoms with Crippen molar-refractivity contribution in [1.29, 1.82) is 0 Å². The third kappa shape index (κ3) is 7.54. The fourth-order valence-electron chi connectivity index (χ4n) is 3.50. The molecule has 1 unspecified atom stereocenters. The summed E-state index contributed by atoms with van der Waals surface area (Å²) >= 11 is 0. The molecule has 144 valence electrons. The van der Waals surface area contributed by atoms with Gasteiger partial charge in [0.15, 0.2) is 0 Å². The summed E-state index contributed by atoms with van der Waals surface area (Å²) in [5, 5.41) is 11.9. The van der Waals surface area contributed by atoms with E-state index in [-0.39, 0.29) is 18.5 Å². The number of carbonyl (C=O) groups is 2. The van der Waals surface area contributed by atoms with Crippen LogP contribution in [0.1, 0.15) is 31.2 Å². The number of aliphatic carboxylic acids is 1. The molecule has 1 aliphatic rings. The molecule has 0 aliphatic carbocycles. The zero-order valence-corrected chi connectivity index (χ0v) is 15.7. The Hall–Kier alpha value is -1.92. The molecule has 6 nitrogen and oxygen atoms in total. The number of aryl methyl sites for hydroxylation is 1. The number of benzene rings is 1. The third-order valence-corrected chi connectivity index (χ3v) is 4.97. The number of likely N-dealkylation sites (tertiary alicyclic amines) is 1. The molecule has 1 fully saturated rings. The highest BCUT2D eigenvalue weighted by Crippen LogP contribution is 2.15. The lowest BCUT2D eigenvalue weighted by atomic mass is 10.1. The molecule has 1 heterocycles. The van der Waals surface area contributed by atoms with E-state index in [1.165, 1.54) is 5.56 Å². The maximum Gasteiger partial charge on any atom is 0.317 e. The SMILES string of the molecule is CN(CC(=O)O)C1CCCN(CC(=O)NCCCc2ccccc2)CC1. The molecule has 1 aliphatic heterocycles. The van der Waals surface area contributed by atoms with Gasteiger partial charge in [0, 0.05) is 19.1 Å². The number of likely N-dealkylation sites (N-methyl/N-ethyl adjacent to an activating group) is 1. The van der Waals surface area contributed by atoms with E-state index in [1.807, 2.05) is 30.1 Å². The molecule has 6 heteroatoms. The number of rotatable bonds is 9. The second-order valence-electron chi connectivity index (χ2n) is 7.11. The Morgan fingerprint density at radius 1 is 1.23 bits per heavy atom. The van der Waals surface area contributed by atoms with E-state index in [1.54, 1.807) is 0 Å². The fraction of sp³-hybridized carbons (Fsp3) is 0.600. The minimum Gasteiger partial charge on any atom is -0.480 e. The van der Waals surface area contributed by atoms with E-state index < -0.39 is 5.97 Å². The molecule has 1 aromatic carbocycles. The van der Waals surface area contributed by atoms with Crippen molar-refractivity contribution >= 4 is 11.9 Å². The van der Waals surface area contributed by atoms with Crippen LogP contribution in [0.5, 0.6) is 0 Å². The highest BCUT2D eigenvalue weighted by Gasteiger charge is 2.22. The Bertz CT molecular complexity index is 565. The van der Waals surface area contributed by atoms with Crippen LogP contribution in [0, 0.1) is 0 Å². The average molecular weight is 361 g/mol. The van der Waals surface area contributed by atoms with E-state index in [0.29, 0.717) is 13.1 Å². The molecule has 1 atom stereocenters. The van der Waals surface area contributed by atoms with Gasteiger partial charge in [0.25, 0.3) is 0 Å². The first-order valence-electron chi connectivity index (χ1n) is 9.49. The summed E-state index contributed by atoms with van der Waals surface area (Å²) < 4.78 is 0. The van der Waals surface area contributed by atoms with Gasteiger partial charge in [-0.3, -0.25) is 19.4 Å². The number of carbonyl (C=O) groups excluding carboxylic acids is 1. The summed E-state index contributed by atoms with van der Waals surface area (Å²) in [6.45, 7) is 2.94. The Kier molecular flexibility index (Phi) is 8.58. The van der Waals surface area contributed by atoms with Gasteiger partial charge in [-0.25, -0.2) is 0 Å². The Balaban J connectivity index is 1.63. The normalized spacial score (nSPS) is 18.5. The van der Waals surface area contributed by atoms with Gasteiger partial charge in [0.1, 0.15) is 0 Å². The maximum absolute atomic E-state index is 12.2. The Morgan fingerprint density at radius 2 is 2.00 bits per heavy atom. The van der Waals surface area contributed by atoms with Crippen LogP contribution >= 0.6 is 0 Å². The van der Waals surface area contributed by atoms with Gasteiger partial charge in [-0.15, -0.1) is 0 Å². The molecule has 0 bridgehead atoms.